The zero-order chi connectivity index (χ0) is 26.6. The third-order valence-corrected chi connectivity index (χ3v) is 7.13. The minimum Gasteiger partial charge on any atom is -0.465 e. The van der Waals surface area contributed by atoms with Gasteiger partial charge in [-0.05, 0) is 53.7 Å². The first-order valence-electron chi connectivity index (χ1n) is 12.4. The van der Waals surface area contributed by atoms with Crippen LogP contribution in [0.3, 0.4) is 0 Å². The van der Waals surface area contributed by atoms with E-state index in [2.05, 4.69) is 22.0 Å². The van der Waals surface area contributed by atoms with E-state index in [1.165, 1.54) is 17.2 Å². The third kappa shape index (κ3) is 5.44. The molecule has 1 amide bonds. The molecule has 0 saturated carbocycles. The van der Waals surface area contributed by atoms with Crippen molar-refractivity contribution in [2.45, 2.75) is 13.0 Å². The monoisotopic (exact) mass is 528 g/mol. The lowest BCUT2D eigenvalue weighted by Gasteiger charge is -2.34. The van der Waals surface area contributed by atoms with Gasteiger partial charge in [0.2, 0.25) is 5.91 Å². The number of carbonyl (C=O) groups excluding carboxylic acids is 2. The Bertz CT molecular complexity index is 1590. The molecule has 1 fully saturated rings. The van der Waals surface area contributed by atoms with E-state index in [1.807, 2.05) is 35.2 Å². The number of hydrogen-bond acceptors (Lipinski definition) is 6. The van der Waals surface area contributed by atoms with Crippen LogP contribution in [0, 0.1) is 4.77 Å². The van der Waals surface area contributed by atoms with Crippen LogP contribution in [0.5, 0.6) is 0 Å². The molecule has 8 nitrogen and oxygen atoms in total. The number of aromatic nitrogens is 2. The third-order valence-electron chi connectivity index (χ3n) is 6.84. The van der Waals surface area contributed by atoms with E-state index in [1.54, 1.807) is 30.3 Å². The van der Waals surface area contributed by atoms with Crippen molar-refractivity contribution in [2.75, 3.05) is 33.3 Å². The number of esters is 1. The minimum absolute atomic E-state index is 0.0960. The maximum absolute atomic E-state index is 13.2. The molecule has 38 heavy (non-hydrogen) atoms. The summed E-state index contributed by atoms with van der Waals surface area (Å²) < 4.78 is 6.37. The lowest BCUT2D eigenvalue weighted by molar-refractivity contribution is -0.132. The molecule has 0 radical (unpaired) electrons. The van der Waals surface area contributed by atoms with Gasteiger partial charge >= 0.3 is 5.97 Å². The molecule has 1 aromatic heterocycles. The minimum atomic E-state index is -0.491. The van der Waals surface area contributed by atoms with Crippen LogP contribution in [0.25, 0.3) is 16.6 Å². The summed E-state index contributed by atoms with van der Waals surface area (Å²) in [4.78, 5) is 45.3. The van der Waals surface area contributed by atoms with E-state index in [-0.39, 0.29) is 16.2 Å². The van der Waals surface area contributed by atoms with Crippen molar-refractivity contribution >= 4 is 35.0 Å². The number of H-pyrrole nitrogens is 1. The van der Waals surface area contributed by atoms with Crippen LogP contribution in [0.2, 0.25) is 0 Å². The summed E-state index contributed by atoms with van der Waals surface area (Å²) in [6.45, 7) is 4.02. The largest absolute Gasteiger partial charge is 0.465 e. The molecule has 1 aliphatic heterocycles. The number of benzene rings is 3. The predicted octanol–water partition coefficient (Wildman–Crippen LogP) is 3.72. The van der Waals surface area contributed by atoms with Gasteiger partial charge < -0.3 is 14.6 Å². The van der Waals surface area contributed by atoms with Gasteiger partial charge in [-0.1, -0.05) is 42.5 Å². The Labute approximate surface area is 225 Å². The maximum Gasteiger partial charge on any atom is 0.337 e. The highest BCUT2D eigenvalue weighted by molar-refractivity contribution is 7.71. The molecule has 194 valence electrons. The van der Waals surface area contributed by atoms with Gasteiger partial charge in [0, 0.05) is 32.7 Å². The van der Waals surface area contributed by atoms with E-state index in [0.717, 1.165) is 25.2 Å². The number of ether oxygens (including phenoxy) is 1. The highest BCUT2D eigenvalue weighted by Crippen LogP contribution is 2.16. The van der Waals surface area contributed by atoms with Crippen molar-refractivity contribution in [2.24, 2.45) is 0 Å². The normalized spacial score (nSPS) is 14.0. The summed E-state index contributed by atoms with van der Waals surface area (Å²) in [6, 6.07) is 22.3. The molecule has 3 aromatic carbocycles. The van der Waals surface area contributed by atoms with Crippen molar-refractivity contribution in [1.82, 2.24) is 19.4 Å². The Kier molecular flexibility index (Phi) is 7.48. The van der Waals surface area contributed by atoms with Gasteiger partial charge in [-0.3, -0.25) is 19.1 Å². The number of fused-ring (bicyclic) bond motifs is 1. The molecule has 0 aliphatic carbocycles. The lowest BCUT2D eigenvalue weighted by Crippen LogP contribution is -2.48. The number of amides is 1. The second-order valence-electron chi connectivity index (χ2n) is 9.31. The second kappa shape index (κ2) is 11.1. The van der Waals surface area contributed by atoms with Gasteiger partial charge in [0.1, 0.15) is 0 Å². The zero-order valence-electron chi connectivity index (χ0n) is 21.1. The molecular weight excluding hydrogens is 500 g/mol. The number of methoxy groups -OCH3 is 1. The van der Waals surface area contributed by atoms with Crippen molar-refractivity contribution in [3.05, 3.63) is 105 Å². The van der Waals surface area contributed by atoms with Crippen LogP contribution in [-0.4, -0.2) is 64.5 Å². The fraction of sp³-hybridized carbons (Fsp3) is 0.241. The number of rotatable bonds is 6. The molecule has 1 saturated heterocycles. The van der Waals surface area contributed by atoms with Crippen LogP contribution in [0.15, 0.2) is 77.6 Å². The van der Waals surface area contributed by atoms with Crippen LogP contribution in [0.1, 0.15) is 21.5 Å². The molecule has 0 spiro atoms. The molecule has 1 aliphatic rings. The quantitative estimate of drug-likeness (QED) is 0.303. The predicted molar refractivity (Wildman–Crippen MR) is 148 cm³/mol. The average Bonchev–Trinajstić information content (AvgIpc) is 2.94. The Hall–Kier alpha value is -4.08. The van der Waals surface area contributed by atoms with Crippen molar-refractivity contribution in [1.29, 1.82) is 0 Å². The summed E-state index contributed by atoms with van der Waals surface area (Å²) in [5.41, 5.74) is 3.25. The summed E-state index contributed by atoms with van der Waals surface area (Å²) in [7, 11) is 1.30. The smallest absolute Gasteiger partial charge is 0.337 e. The van der Waals surface area contributed by atoms with E-state index in [0.29, 0.717) is 41.7 Å². The molecule has 5 rings (SSSR count). The Morgan fingerprint density at radius 1 is 0.921 bits per heavy atom. The SMILES string of the molecule is COC(=O)c1ccc2c(=O)n(-c3ccc(CC(=O)N4CCN(Cc5ccccc5)CC4)cc3)c(=S)[nH]c2c1. The summed E-state index contributed by atoms with van der Waals surface area (Å²) in [5.74, 6) is -0.395. The number of carbonyl (C=O) groups is 2. The van der Waals surface area contributed by atoms with Gasteiger partial charge in [-0.15, -0.1) is 0 Å². The summed E-state index contributed by atoms with van der Waals surface area (Å²) in [5, 5.41) is 0.400. The fourth-order valence-electron chi connectivity index (χ4n) is 4.74. The molecular formula is C29H28N4O4S. The van der Waals surface area contributed by atoms with Crippen LogP contribution >= 0.6 is 12.2 Å². The van der Waals surface area contributed by atoms with E-state index < -0.39 is 5.97 Å². The van der Waals surface area contributed by atoms with Gasteiger partial charge in [0.05, 0.1) is 35.7 Å². The fourth-order valence-corrected chi connectivity index (χ4v) is 5.04. The van der Waals surface area contributed by atoms with E-state index in [4.69, 9.17) is 17.0 Å². The molecule has 0 bridgehead atoms. The zero-order valence-corrected chi connectivity index (χ0v) is 21.9. The van der Waals surface area contributed by atoms with Gasteiger partial charge in [0.25, 0.3) is 5.56 Å². The van der Waals surface area contributed by atoms with Gasteiger partial charge in [-0.25, -0.2) is 4.79 Å². The van der Waals surface area contributed by atoms with Crippen molar-refractivity contribution in [3.8, 4) is 5.69 Å². The first-order valence-corrected chi connectivity index (χ1v) is 12.8. The highest BCUT2D eigenvalue weighted by Gasteiger charge is 2.21. The molecule has 4 aromatic rings. The molecule has 0 atom stereocenters. The Morgan fingerprint density at radius 2 is 1.63 bits per heavy atom. The number of nitrogens with one attached hydrogen (secondary N) is 1. The lowest BCUT2D eigenvalue weighted by atomic mass is 10.1. The van der Waals surface area contributed by atoms with Crippen molar-refractivity contribution in [3.63, 3.8) is 0 Å². The van der Waals surface area contributed by atoms with Crippen LogP contribution in [-0.2, 0) is 22.5 Å². The number of piperazine rings is 1. The summed E-state index contributed by atoms with van der Waals surface area (Å²) in [6.07, 6.45) is 0.300. The van der Waals surface area contributed by atoms with E-state index >= 15 is 0 Å². The van der Waals surface area contributed by atoms with Crippen LogP contribution < -0.4 is 5.56 Å². The molecule has 1 N–H and O–H groups in total. The van der Waals surface area contributed by atoms with E-state index in [9.17, 15) is 14.4 Å². The number of aromatic amines is 1. The van der Waals surface area contributed by atoms with Crippen molar-refractivity contribution < 1.29 is 14.3 Å². The Morgan fingerprint density at radius 3 is 2.32 bits per heavy atom. The van der Waals surface area contributed by atoms with Crippen LogP contribution in [0.4, 0.5) is 0 Å². The number of nitrogens with zero attached hydrogens (tertiary/aromatic N) is 3. The first kappa shape index (κ1) is 25.6. The molecule has 9 heteroatoms. The number of hydrogen-bond donors (Lipinski definition) is 1. The Balaban J connectivity index is 1.25. The average molecular weight is 529 g/mol. The van der Waals surface area contributed by atoms with Gasteiger partial charge in [-0.2, -0.15) is 0 Å². The maximum atomic E-state index is 13.2. The topological polar surface area (TPSA) is 87.6 Å². The molecule has 0 unspecified atom stereocenters. The summed E-state index contributed by atoms with van der Waals surface area (Å²) >= 11 is 5.45. The second-order valence-corrected chi connectivity index (χ2v) is 9.70. The standard InChI is InChI=1S/C29H28N4O4S/c1-37-28(36)22-9-12-24-25(18-22)30-29(38)33(27(24)35)23-10-7-20(8-11-23)17-26(34)32-15-13-31(14-16-32)19-21-5-3-2-4-6-21/h2-12,18H,13-17,19H2,1H3,(H,30,38). The first-order chi connectivity index (χ1) is 18.4. The highest BCUT2D eigenvalue weighted by atomic mass is 32.1. The molecule has 2 heterocycles. The van der Waals surface area contributed by atoms with Gasteiger partial charge in [0.15, 0.2) is 4.77 Å².